The van der Waals surface area contributed by atoms with Crippen molar-refractivity contribution in [3.63, 3.8) is 0 Å². The quantitative estimate of drug-likeness (QED) is 0.838. The van der Waals surface area contributed by atoms with Crippen LogP contribution in [0.15, 0.2) is 18.2 Å². The number of carbonyl (C=O) groups excluding carboxylic acids is 1. The molecular formula is C16H26N2O3. The second kappa shape index (κ2) is 7.88. The Hall–Kier alpha value is -1.75. The SMILES string of the molecule is CCN(CC)C(=O)C(C)Oc1ccc(C(C)N)cc1OC. The van der Waals surface area contributed by atoms with E-state index in [1.807, 2.05) is 32.9 Å². The van der Waals surface area contributed by atoms with Crippen LogP contribution in [-0.4, -0.2) is 37.1 Å². The molecule has 0 aromatic heterocycles. The molecular weight excluding hydrogens is 268 g/mol. The molecule has 0 aliphatic rings. The lowest BCUT2D eigenvalue weighted by atomic mass is 10.1. The van der Waals surface area contributed by atoms with Crippen LogP contribution in [0.4, 0.5) is 0 Å². The zero-order valence-corrected chi connectivity index (χ0v) is 13.6. The predicted molar refractivity (Wildman–Crippen MR) is 83.6 cm³/mol. The van der Waals surface area contributed by atoms with E-state index in [0.29, 0.717) is 24.6 Å². The van der Waals surface area contributed by atoms with Gasteiger partial charge in [-0.05, 0) is 45.4 Å². The highest BCUT2D eigenvalue weighted by molar-refractivity contribution is 5.80. The fraction of sp³-hybridized carbons (Fsp3) is 0.562. The number of amides is 1. The van der Waals surface area contributed by atoms with E-state index in [4.69, 9.17) is 15.2 Å². The van der Waals surface area contributed by atoms with Crippen molar-refractivity contribution in [2.75, 3.05) is 20.2 Å². The monoisotopic (exact) mass is 294 g/mol. The summed E-state index contributed by atoms with van der Waals surface area (Å²) in [5.41, 5.74) is 6.82. The number of ether oxygens (including phenoxy) is 2. The number of carbonyl (C=O) groups is 1. The molecule has 0 fully saturated rings. The minimum atomic E-state index is -0.556. The van der Waals surface area contributed by atoms with Crippen molar-refractivity contribution >= 4 is 5.91 Å². The molecule has 1 amide bonds. The third-order valence-electron chi connectivity index (χ3n) is 3.44. The van der Waals surface area contributed by atoms with E-state index in [1.54, 1.807) is 25.0 Å². The molecule has 21 heavy (non-hydrogen) atoms. The third-order valence-corrected chi connectivity index (χ3v) is 3.44. The Morgan fingerprint density at radius 2 is 1.86 bits per heavy atom. The molecule has 0 radical (unpaired) electrons. The van der Waals surface area contributed by atoms with Gasteiger partial charge in [0.25, 0.3) is 5.91 Å². The molecule has 0 saturated heterocycles. The Kier molecular flexibility index (Phi) is 6.49. The molecule has 1 aromatic rings. The standard InChI is InChI=1S/C16H26N2O3/c1-6-18(7-2)16(19)12(4)21-14-9-8-13(11(3)17)10-15(14)20-5/h8-12H,6-7,17H2,1-5H3. The average Bonchev–Trinajstić information content (AvgIpc) is 2.48. The van der Waals surface area contributed by atoms with Crippen LogP contribution in [0.25, 0.3) is 0 Å². The number of nitrogens with two attached hydrogens (primary N) is 1. The van der Waals surface area contributed by atoms with E-state index in [2.05, 4.69) is 0 Å². The first-order chi connectivity index (χ1) is 9.94. The van der Waals surface area contributed by atoms with Crippen molar-refractivity contribution in [3.05, 3.63) is 23.8 Å². The Morgan fingerprint density at radius 1 is 1.24 bits per heavy atom. The molecule has 1 rings (SSSR count). The van der Waals surface area contributed by atoms with E-state index in [0.717, 1.165) is 5.56 Å². The largest absolute Gasteiger partial charge is 0.493 e. The minimum absolute atomic E-state index is 0.0293. The van der Waals surface area contributed by atoms with Gasteiger partial charge in [-0.2, -0.15) is 0 Å². The van der Waals surface area contributed by atoms with Gasteiger partial charge in [-0.3, -0.25) is 4.79 Å². The summed E-state index contributed by atoms with van der Waals surface area (Å²) in [5.74, 6) is 1.11. The summed E-state index contributed by atoms with van der Waals surface area (Å²) in [5, 5.41) is 0. The Morgan fingerprint density at radius 3 is 2.33 bits per heavy atom. The lowest BCUT2D eigenvalue weighted by Crippen LogP contribution is -2.40. The number of hydrogen-bond donors (Lipinski definition) is 1. The van der Waals surface area contributed by atoms with Gasteiger partial charge in [0.15, 0.2) is 17.6 Å². The fourth-order valence-corrected chi connectivity index (χ4v) is 2.10. The predicted octanol–water partition coefficient (Wildman–Crippen LogP) is 2.35. The van der Waals surface area contributed by atoms with Crippen LogP contribution in [-0.2, 0) is 4.79 Å². The first-order valence-corrected chi connectivity index (χ1v) is 7.33. The van der Waals surface area contributed by atoms with E-state index in [-0.39, 0.29) is 11.9 Å². The van der Waals surface area contributed by atoms with Gasteiger partial charge in [-0.25, -0.2) is 0 Å². The maximum atomic E-state index is 12.2. The van der Waals surface area contributed by atoms with Gasteiger partial charge in [0.05, 0.1) is 7.11 Å². The van der Waals surface area contributed by atoms with Gasteiger partial charge in [-0.1, -0.05) is 6.07 Å². The van der Waals surface area contributed by atoms with Crippen LogP contribution < -0.4 is 15.2 Å². The molecule has 2 N–H and O–H groups in total. The molecule has 0 saturated carbocycles. The van der Waals surface area contributed by atoms with E-state index < -0.39 is 6.10 Å². The maximum absolute atomic E-state index is 12.2. The fourth-order valence-electron chi connectivity index (χ4n) is 2.10. The van der Waals surface area contributed by atoms with Crippen molar-refractivity contribution < 1.29 is 14.3 Å². The van der Waals surface area contributed by atoms with Crippen LogP contribution in [0, 0.1) is 0 Å². The Bertz CT molecular complexity index is 471. The molecule has 2 atom stereocenters. The minimum Gasteiger partial charge on any atom is -0.493 e. The molecule has 0 spiro atoms. The number of likely N-dealkylation sites (N-methyl/N-ethyl adjacent to an activating group) is 1. The van der Waals surface area contributed by atoms with Gasteiger partial charge >= 0.3 is 0 Å². The van der Waals surface area contributed by atoms with Gasteiger partial charge in [-0.15, -0.1) is 0 Å². The van der Waals surface area contributed by atoms with Crippen molar-refractivity contribution in [2.45, 2.75) is 39.8 Å². The van der Waals surface area contributed by atoms with E-state index in [1.165, 1.54) is 0 Å². The smallest absolute Gasteiger partial charge is 0.263 e. The van der Waals surface area contributed by atoms with Crippen LogP contribution in [0.1, 0.15) is 39.3 Å². The van der Waals surface area contributed by atoms with Gasteiger partial charge in [0, 0.05) is 19.1 Å². The number of hydrogen-bond acceptors (Lipinski definition) is 4. The first-order valence-electron chi connectivity index (χ1n) is 7.33. The van der Waals surface area contributed by atoms with Crippen LogP contribution >= 0.6 is 0 Å². The maximum Gasteiger partial charge on any atom is 0.263 e. The Labute approximate surface area is 127 Å². The summed E-state index contributed by atoms with van der Waals surface area (Å²) in [6, 6.07) is 5.44. The summed E-state index contributed by atoms with van der Waals surface area (Å²) < 4.78 is 11.1. The highest BCUT2D eigenvalue weighted by atomic mass is 16.5. The van der Waals surface area contributed by atoms with Crippen molar-refractivity contribution in [3.8, 4) is 11.5 Å². The number of methoxy groups -OCH3 is 1. The van der Waals surface area contributed by atoms with Gasteiger partial charge in [0.2, 0.25) is 0 Å². The summed E-state index contributed by atoms with van der Waals surface area (Å²) in [4.78, 5) is 14.0. The van der Waals surface area contributed by atoms with Crippen LogP contribution in [0.5, 0.6) is 11.5 Å². The van der Waals surface area contributed by atoms with Crippen molar-refractivity contribution in [1.82, 2.24) is 4.90 Å². The number of benzene rings is 1. The van der Waals surface area contributed by atoms with Gasteiger partial charge < -0.3 is 20.1 Å². The highest BCUT2D eigenvalue weighted by Crippen LogP contribution is 2.30. The molecule has 0 aliphatic heterocycles. The second-order valence-electron chi connectivity index (χ2n) is 4.97. The topological polar surface area (TPSA) is 64.8 Å². The summed E-state index contributed by atoms with van der Waals surface area (Å²) >= 11 is 0. The molecule has 118 valence electrons. The zero-order chi connectivity index (χ0) is 16.0. The normalized spacial score (nSPS) is 13.4. The highest BCUT2D eigenvalue weighted by Gasteiger charge is 2.21. The molecule has 0 aliphatic carbocycles. The average molecular weight is 294 g/mol. The Balaban J connectivity index is 2.89. The van der Waals surface area contributed by atoms with E-state index in [9.17, 15) is 4.79 Å². The van der Waals surface area contributed by atoms with Crippen molar-refractivity contribution in [1.29, 1.82) is 0 Å². The summed E-state index contributed by atoms with van der Waals surface area (Å²) in [6.07, 6.45) is -0.556. The second-order valence-corrected chi connectivity index (χ2v) is 4.97. The number of rotatable bonds is 7. The molecule has 0 heterocycles. The zero-order valence-electron chi connectivity index (χ0n) is 13.6. The van der Waals surface area contributed by atoms with Gasteiger partial charge in [0.1, 0.15) is 0 Å². The summed E-state index contributed by atoms with van der Waals surface area (Å²) in [6.45, 7) is 8.90. The van der Waals surface area contributed by atoms with Crippen molar-refractivity contribution in [2.24, 2.45) is 5.73 Å². The first kappa shape index (κ1) is 17.3. The molecule has 0 bridgehead atoms. The van der Waals surface area contributed by atoms with E-state index >= 15 is 0 Å². The molecule has 2 unspecified atom stereocenters. The van der Waals surface area contributed by atoms with Crippen LogP contribution in [0.2, 0.25) is 0 Å². The summed E-state index contributed by atoms with van der Waals surface area (Å²) in [7, 11) is 1.57. The number of nitrogens with zero attached hydrogens (tertiary/aromatic N) is 1. The molecule has 5 nitrogen and oxygen atoms in total. The molecule has 1 aromatic carbocycles. The molecule has 5 heteroatoms. The lowest BCUT2D eigenvalue weighted by Gasteiger charge is -2.24. The van der Waals surface area contributed by atoms with Crippen LogP contribution in [0.3, 0.4) is 0 Å². The lowest BCUT2D eigenvalue weighted by molar-refractivity contribution is -0.137. The third kappa shape index (κ3) is 4.36.